The van der Waals surface area contributed by atoms with E-state index in [1.165, 1.54) is 0 Å². The van der Waals surface area contributed by atoms with E-state index < -0.39 is 5.41 Å². The lowest BCUT2D eigenvalue weighted by Crippen LogP contribution is -2.38. The van der Waals surface area contributed by atoms with Crippen LogP contribution in [0.2, 0.25) is 0 Å². The van der Waals surface area contributed by atoms with E-state index in [0.717, 1.165) is 25.7 Å². The number of rotatable bonds is 2. The van der Waals surface area contributed by atoms with Crippen molar-refractivity contribution in [3.63, 3.8) is 0 Å². The van der Waals surface area contributed by atoms with E-state index in [2.05, 4.69) is 0 Å². The van der Waals surface area contributed by atoms with E-state index in [1.54, 1.807) is 0 Å². The second-order valence-corrected chi connectivity index (χ2v) is 4.04. The lowest BCUT2D eigenvalue weighted by Gasteiger charge is -2.24. The second kappa shape index (κ2) is 2.71. The Morgan fingerprint density at radius 3 is 2.69 bits per heavy atom. The molecule has 1 amide bonds. The Morgan fingerprint density at radius 1 is 1.54 bits per heavy atom. The molecular weight excluding hydrogens is 166 g/mol. The van der Waals surface area contributed by atoms with Crippen molar-refractivity contribution in [3.05, 3.63) is 5.57 Å². The highest BCUT2D eigenvalue weighted by atomic mass is 16.1. The van der Waals surface area contributed by atoms with Crippen LogP contribution in [0.4, 0.5) is 0 Å². The number of hydrogen-bond acceptors (Lipinski definition) is 2. The lowest BCUT2D eigenvalue weighted by molar-refractivity contribution is -0.126. The minimum Gasteiger partial charge on any atom is -0.369 e. The van der Waals surface area contributed by atoms with Gasteiger partial charge in [-0.15, -0.1) is 0 Å². The lowest BCUT2D eigenvalue weighted by atomic mass is 9.77. The van der Waals surface area contributed by atoms with Gasteiger partial charge in [-0.05, 0) is 38.0 Å². The summed E-state index contributed by atoms with van der Waals surface area (Å²) >= 11 is 0. The normalized spacial score (nSPS) is 33.1. The number of amides is 1. The zero-order valence-electron chi connectivity index (χ0n) is 7.51. The van der Waals surface area contributed by atoms with Crippen molar-refractivity contribution in [2.75, 3.05) is 0 Å². The van der Waals surface area contributed by atoms with Crippen molar-refractivity contribution in [1.82, 2.24) is 0 Å². The fraction of sp³-hybridized carbons (Fsp3) is 0.700. The van der Waals surface area contributed by atoms with Gasteiger partial charge >= 0.3 is 0 Å². The van der Waals surface area contributed by atoms with Crippen LogP contribution < -0.4 is 5.73 Å². The average Bonchev–Trinajstić information content (AvgIpc) is 2.85. The Bertz CT molecular complexity index is 300. The van der Waals surface area contributed by atoms with Crippen LogP contribution >= 0.6 is 0 Å². The van der Waals surface area contributed by atoms with E-state index in [0.29, 0.717) is 17.9 Å². The summed E-state index contributed by atoms with van der Waals surface area (Å²) in [5, 5.41) is 0. The van der Waals surface area contributed by atoms with Gasteiger partial charge in [-0.2, -0.15) is 0 Å². The Kier molecular flexibility index (Phi) is 1.77. The van der Waals surface area contributed by atoms with Crippen LogP contribution in [0.5, 0.6) is 0 Å². The summed E-state index contributed by atoms with van der Waals surface area (Å²) in [7, 11) is 0. The van der Waals surface area contributed by atoms with E-state index in [4.69, 9.17) is 5.73 Å². The molecule has 0 radical (unpaired) electrons. The van der Waals surface area contributed by atoms with Crippen LogP contribution in [-0.2, 0) is 9.59 Å². The maximum absolute atomic E-state index is 11.4. The Morgan fingerprint density at radius 2 is 2.23 bits per heavy atom. The highest BCUT2D eigenvalue weighted by molar-refractivity contribution is 5.88. The quantitative estimate of drug-likeness (QED) is 0.638. The third-order valence-electron chi connectivity index (χ3n) is 3.37. The third kappa shape index (κ3) is 1.04. The molecular formula is C10H13NO2. The van der Waals surface area contributed by atoms with Gasteiger partial charge in [0, 0.05) is 5.57 Å². The Labute approximate surface area is 77.0 Å². The number of primary amides is 1. The monoisotopic (exact) mass is 179 g/mol. The number of hydrogen-bond donors (Lipinski definition) is 1. The Hall–Kier alpha value is -1.08. The van der Waals surface area contributed by atoms with Crippen LogP contribution in [-0.4, -0.2) is 11.8 Å². The van der Waals surface area contributed by atoms with E-state index >= 15 is 0 Å². The fourth-order valence-electron chi connectivity index (χ4n) is 2.56. The molecule has 2 aliphatic rings. The molecule has 70 valence electrons. The molecule has 0 heterocycles. The summed E-state index contributed by atoms with van der Waals surface area (Å²) < 4.78 is 0. The molecule has 3 heteroatoms. The molecule has 0 aromatic rings. The first-order valence-electron chi connectivity index (χ1n) is 4.76. The topological polar surface area (TPSA) is 60.2 Å². The van der Waals surface area contributed by atoms with Gasteiger partial charge in [0.2, 0.25) is 5.91 Å². The molecule has 0 aromatic carbocycles. The molecule has 2 saturated carbocycles. The van der Waals surface area contributed by atoms with Crippen molar-refractivity contribution in [2.45, 2.75) is 32.1 Å². The first-order valence-corrected chi connectivity index (χ1v) is 4.76. The maximum atomic E-state index is 11.4. The molecule has 3 nitrogen and oxygen atoms in total. The van der Waals surface area contributed by atoms with E-state index in [1.807, 2.05) is 5.94 Å². The van der Waals surface area contributed by atoms with Crippen LogP contribution in [0.3, 0.4) is 0 Å². The van der Waals surface area contributed by atoms with Gasteiger partial charge < -0.3 is 5.73 Å². The summed E-state index contributed by atoms with van der Waals surface area (Å²) in [5.41, 5.74) is 5.43. The van der Waals surface area contributed by atoms with Crippen molar-refractivity contribution >= 4 is 11.8 Å². The summed E-state index contributed by atoms with van der Waals surface area (Å²) in [6.45, 7) is 0. The maximum Gasteiger partial charge on any atom is 0.228 e. The minimum absolute atomic E-state index is 0.314. The summed E-state index contributed by atoms with van der Waals surface area (Å²) in [6, 6.07) is 0. The fourth-order valence-corrected chi connectivity index (χ4v) is 2.56. The molecule has 0 aliphatic heterocycles. The average molecular weight is 179 g/mol. The van der Waals surface area contributed by atoms with E-state index in [9.17, 15) is 9.59 Å². The first-order chi connectivity index (χ1) is 6.21. The van der Waals surface area contributed by atoms with Gasteiger partial charge in [0.25, 0.3) is 0 Å². The summed E-state index contributed by atoms with van der Waals surface area (Å²) in [4.78, 5) is 22.1. The van der Waals surface area contributed by atoms with Gasteiger partial charge in [-0.3, -0.25) is 4.79 Å². The summed E-state index contributed by atoms with van der Waals surface area (Å²) in [5.74, 6) is 1.95. The first kappa shape index (κ1) is 8.52. The number of carbonyl (C=O) groups excluding carboxylic acids is 2. The molecule has 2 N–H and O–H groups in total. The van der Waals surface area contributed by atoms with Crippen LogP contribution in [0.1, 0.15) is 32.1 Å². The van der Waals surface area contributed by atoms with E-state index in [-0.39, 0.29) is 5.91 Å². The van der Waals surface area contributed by atoms with Crippen molar-refractivity contribution in [1.29, 1.82) is 0 Å². The molecule has 2 rings (SSSR count). The molecule has 0 spiro atoms. The molecule has 13 heavy (non-hydrogen) atoms. The SMILES string of the molecule is NC(=O)C1(C2CC2)CCCC1=C=O. The number of nitrogens with two attached hydrogens (primary N) is 1. The van der Waals surface area contributed by atoms with Gasteiger partial charge in [0.05, 0.1) is 5.41 Å². The molecule has 2 fully saturated rings. The standard InChI is InChI=1S/C10H13NO2/c11-9(13)10(7-3-4-7)5-1-2-8(10)6-12/h7H,1-5H2,(H2,11,13). The van der Waals surface area contributed by atoms with Crippen molar-refractivity contribution in [3.8, 4) is 0 Å². The molecule has 0 saturated heterocycles. The molecule has 1 unspecified atom stereocenters. The molecule has 1 atom stereocenters. The molecule has 0 bridgehead atoms. The Balaban J connectivity index is 2.41. The van der Waals surface area contributed by atoms with Gasteiger partial charge in [-0.1, -0.05) is 0 Å². The van der Waals surface area contributed by atoms with Gasteiger partial charge in [-0.25, -0.2) is 4.79 Å². The van der Waals surface area contributed by atoms with Gasteiger partial charge in [0.1, 0.15) is 5.94 Å². The zero-order valence-corrected chi connectivity index (χ0v) is 7.51. The highest BCUT2D eigenvalue weighted by Crippen LogP contribution is 2.56. The zero-order chi connectivity index (χ0) is 9.47. The van der Waals surface area contributed by atoms with Gasteiger partial charge in [0.15, 0.2) is 0 Å². The predicted octanol–water partition coefficient (Wildman–Crippen LogP) is 0.810. The number of carbonyl (C=O) groups is 1. The summed E-state index contributed by atoms with van der Waals surface area (Å²) in [6.07, 6.45) is 4.45. The molecule has 0 aromatic heterocycles. The van der Waals surface area contributed by atoms with Crippen molar-refractivity contribution in [2.24, 2.45) is 17.1 Å². The van der Waals surface area contributed by atoms with Crippen LogP contribution in [0.15, 0.2) is 5.57 Å². The largest absolute Gasteiger partial charge is 0.369 e. The van der Waals surface area contributed by atoms with Crippen molar-refractivity contribution < 1.29 is 9.59 Å². The smallest absolute Gasteiger partial charge is 0.228 e. The minimum atomic E-state index is -0.595. The third-order valence-corrected chi connectivity index (χ3v) is 3.37. The van der Waals surface area contributed by atoms with Crippen LogP contribution in [0.25, 0.3) is 0 Å². The second-order valence-electron chi connectivity index (χ2n) is 4.04. The molecule has 2 aliphatic carbocycles. The van der Waals surface area contributed by atoms with Crippen LogP contribution in [0, 0.1) is 11.3 Å². The highest BCUT2D eigenvalue weighted by Gasteiger charge is 2.54. The predicted molar refractivity (Wildman–Crippen MR) is 47.4 cm³/mol.